The van der Waals surface area contributed by atoms with Crippen LogP contribution in [0.3, 0.4) is 0 Å². The third kappa shape index (κ3) is 5.04. The number of nitrogens with one attached hydrogen (secondary N) is 1. The minimum absolute atomic E-state index is 0.102. The number of carbonyl (C=O) groups is 3. The van der Waals surface area contributed by atoms with Gasteiger partial charge >= 0.3 is 12.1 Å². The average molecular weight is 519 g/mol. The highest BCUT2D eigenvalue weighted by molar-refractivity contribution is 6.01. The van der Waals surface area contributed by atoms with Crippen molar-refractivity contribution in [2.45, 2.75) is 63.6 Å². The second kappa shape index (κ2) is 10.4. The number of rotatable bonds is 8. The van der Waals surface area contributed by atoms with Crippen LogP contribution in [0.25, 0.3) is 0 Å². The second-order valence-corrected chi connectivity index (χ2v) is 10.1. The quantitative estimate of drug-likeness (QED) is 0.523. The van der Waals surface area contributed by atoms with Crippen molar-refractivity contribution in [1.82, 2.24) is 14.9 Å². The maximum Gasteiger partial charge on any atom is 0.410 e. The van der Waals surface area contributed by atoms with Crippen molar-refractivity contribution in [3.63, 3.8) is 0 Å². The molecule has 5 rings (SSSR count). The fourth-order valence-corrected chi connectivity index (χ4v) is 5.04. The van der Waals surface area contributed by atoms with Gasteiger partial charge in [0, 0.05) is 25.4 Å². The lowest BCUT2D eigenvalue weighted by atomic mass is 10.0. The zero-order chi connectivity index (χ0) is 26.9. The van der Waals surface area contributed by atoms with Crippen LogP contribution in [0.2, 0.25) is 0 Å². The third-order valence-corrected chi connectivity index (χ3v) is 7.62. The Morgan fingerprint density at radius 1 is 1.37 bits per heavy atom. The molecule has 2 aromatic rings. The number of nitriles is 1. The number of aldehydes is 1. The van der Waals surface area contributed by atoms with Gasteiger partial charge in [-0.2, -0.15) is 5.26 Å². The Kier molecular flexibility index (Phi) is 6.99. The number of methoxy groups -OCH3 is 1. The fraction of sp³-hybridized carbons (Fsp3) is 0.481. The van der Waals surface area contributed by atoms with Crippen molar-refractivity contribution in [3.05, 3.63) is 46.3 Å². The number of urea groups is 1. The Labute approximate surface area is 220 Å². The normalized spacial score (nSPS) is 19.4. The molecular weight excluding hydrogens is 488 g/mol. The van der Waals surface area contributed by atoms with Crippen LogP contribution < -0.4 is 10.2 Å². The van der Waals surface area contributed by atoms with Crippen molar-refractivity contribution in [2.75, 3.05) is 30.5 Å². The number of nitrogens with zero attached hydrogens (tertiary/aromatic N) is 5. The summed E-state index contributed by atoms with van der Waals surface area (Å²) in [5.41, 5.74) is 2.80. The molecule has 1 aliphatic carbocycles. The Morgan fingerprint density at radius 3 is 2.84 bits per heavy atom. The average Bonchev–Trinajstić information content (AvgIpc) is 3.66. The van der Waals surface area contributed by atoms with Gasteiger partial charge in [-0.05, 0) is 68.7 Å². The first-order valence-corrected chi connectivity index (χ1v) is 12.8. The lowest BCUT2D eigenvalue weighted by molar-refractivity contribution is 0.0731. The summed E-state index contributed by atoms with van der Waals surface area (Å²) in [7, 11) is 1.71. The first kappa shape index (κ1) is 25.6. The molecule has 2 aromatic heterocycles. The van der Waals surface area contributed by atoms with Crippen molar-refractivity contribution in [2.24, 2.45) is 0 Å². The van der Waals surface area contributed by atoms with Crippen LogP contribution in [0.15, 0.2) is 18.3 Å². The van der Waals surface area contributed by atoms with Crippen molar-refractivity contribution in [1.29, 1.82) is 5.26 Å². The molecule has 0 unspecified atom stereocenters. The summed E-state index contributed by atoms with van der Waals surface area (Å²) in [6, 6.07) is 5.24. The predicted octanol–water partition coefficient (Wildman–Crippen LogP) is 3.60. The minimum Gasteiger partial charge on any atom is -0.447 e. The first-order valence-electron chi connectivity index (χ1n) is 12.8. The van der Waals surface area contributed by atoms with Crippen LogP contribution in [0.4, 0.5) is 21.2 Å². The van der Waals surface area contributed by atoms with Gasteiger partial charge < -0.3 is 9.47 Å². The molecule has 11 nitrogen and oxygen atoms in total. The van der Waals surface area contributed by atoms with Gasteiger partial charge in [-0.1, -0.05) is 0 Å². The number of cyclic esters (lactones) is 1. The molecule has 0 aromatic carbocycles. The summed E-state index contributed by atoms with van der Waals surface area (Å²) >= 11 is 0. The highest BCUT2D eigenvalue weighted by Gasteiger charge is 2.42. The second-order valence-electron chi connectivity index (χ2n) is 10.1. The van der Waals surface area contributed by atoms with E-state index in [1.54, 1.807) is 18.1 Å². The first-order chi connectivity index (χ1) is 18.4. The standard InChI is InChI=1S/C27H30N6O5/c1-17-16-38-26(36)33(17)14-20-10-19-4-3-9-32(24(19)30-22(20)15-34)25(35)31-23-11-18(21(12-28)13-29-23)5-6-27(37-2)7-8-27/h10-11,13,15,17H,3-9,14,16H2,1-2H3,(H,29,31,35)/t17-/m0/s1. The zero-order valence-electron chi connectivity index (χ0n) is 21.5. The van der Waals surface area contributed by atoms with Crippen molar-refractivity contribution >= 4 is 30.0 Å². The number of carbonyl (C=O) groups excluding carboxylic acids is 3. The zero-order valence-corrected chi connectivity index (χ0v) is 21.5. The summed E-state index contributed by atoms with van der Waals surface area (Å²) in [5.74, 6) is 0.758. The van der Waals surface area contributed by atoms with E-state index in [2.05, 4.69) is 21.4 Å². The lowest BCUT2D eigenvalue weighted by Gasteiger charge is -2.29. The highest BCUT2D eigenvalue weighted by atomic mass is 16.6. The summed E-state index contributed by atoms with van der Waals surface area (Å²) < 4.78 is 10.7. The molecule has 1 N–H and O–H groups in total. The summed E-state index contributed by atoms with van der Waals surface area (Å²) in [5, 5.41) is 12.3. The van der Waals surface area contributed by atoms with Gasteiger partial charge in [-0.3, -0.25) is 19.9 Å². The molecule has 11 heteroatoms. The Bertz CT molecular complexity index is 1320. The van der Waals surface area contributed by atoms with Gasteiger partial charge in [0.05, 0.1) is 23.8 Å². The van der Waals surface area contributed by atoms with Gasteiger partial charge in [0.25, 0.3) is 0 Å². The molecule has 0 spiro atoms. The highest BCUT2D eigenvalue weighted by Crippen LogP contribution is 2.43. The van der Waals surface area contributed by atoms with E-state index < -0.39 is 12.1 Å². The van der Waals surface area contributed by atoms with E-state index in [9.17, 15) is 19.6 Å². The van der Waals surface area contributed by atoms with Crippen molar-refractivity contribution in [3.8, 4) is 6.07 Å². The van der Waals surface area contributed by atoms with E-state index in [4.69, 9.17) is 9.47 Å². The third-order valence-electron chi connectivity index (χ3n) is 7.62. The Balaban J connectivity index is 1.34. The van der Waals surface area contributed by atoms with Crippen molar-refractivity contribution < 1.29 is 23.9 Å². The molecule has 198 valence electrons. The lowest BCUT2D eigenvalue weighted by Crippen LogP contribution is -2.40. The maximum absolute atomic E-state index is 13.3. The minimum atomic E-state index is -0.420. The van der Waals surface area contributed by atoms with Crippen LogP contribution in [-0.4, -0.2) is 65.2 Å². The topological polar surface area (TPSA) is 138 Å². The largest absolute Gasteiger partial charge is 0.447 e. The molecule has 2 aliphatic heterocycles. The molecule has 3 amide bonds. The number of ether oxygens (including phenoxy) is 2. The molecule has 3 aliphatic rings. The fourth-order valence-electron chi connectivity index (χ4n) is 5.04. The van der Waals surface area contributed by atoms with Crippen LogP contribution in [-0.2, 0) is 28.9 Å². The van der Waals surface area contributed by atoms with E-state index in [1.165, 1.54) is 11.1 Å². The molecule has 1 saturated heterocycles. The summed E-state index contributed by atoms with van der Waals surface area (Å²) in [4.78, 5) is 49.2. The smallest absolute Gasteiger partial charge is 0.410 e. The van der Waals surface area contributed by atoms with E-state index in [-0.39, 0.29) is 23.9 Å². The van der Waals surface area contributed by atoms with Gasteiger partial charge in [0.1, 0.15) is 30.0 Å². The molecular formula is C27H30N6O5. The molecule has 1 atom stereocenters. The predicted molar refractivity (Wildman–Crippen MR) is 137 cm³/mol. The number of anilines is 2. The number of amides is 3. The number of aromatic nitrogens is 2. The summed E-state index contributed by atoms with van der Waals surface area (Å²) in [6.45, 7) is 2.83. The van der Waals surface area contributed by atoms with Gasteiger partial charge in [0.15, 0.2) is 6.29 Å². The number of hydrogen-bond donors (Lipinski definition) is 1. The molecule has 1 saturated carbocycles. The monoisotopic (exact) mass is 518 g/mol. The SMILES string of the molecule is COC1(CCc2cc(NC(=O)N3CCCc4cc(CN5C(=O)OC[C@@H]5C)c(C=O)nc43)ncc2C#N)CC1. The van der Waals surface area contributed by atoms with Gasteiger partial charge in [0.2, 0.25) is 0 Å². The van der Waals surface area contributed by atoms with Crippen LogP contribution in [0, 0.1) is 11.3 Å². The van der Waals surface area contributed by atoms with E-state index in [0.29, 0.717) is 55.0 Å². The molecule has 2 fully saturated rings. The van der Waals surface area contributed by atoms with E-state index in [1.807, 2.05) is 13.0 Å². The Hall–Kier alpha value is -4.04. The molecule has 0 radical (unpaired) electrons. The number of fused-ring (bicyclic) bond motifs is 1. The molecule has 38 heavy (non-hydrogen) atoms. The number of aryl methyl sites for hydroxylation is 2. The number of hydrogen-bond acceptors (Lipinski definition) is 8. The summed E-state index contributed by atoms with van der Waals surface area (Å²) in [6.07, 6.45) is 6.56. The van der Waals surface area contributed by atoms with E-state index in [0.717, 1.165) is 36.8 Å². The van der Waals surface area contributed by atoms with Gasteiger partial charge in [-0.15, -0.1) is 0 Å². The van der Waals surface area contributed by atoms with Crippen LogP contribution in [0.5, 0.6) is 0 Å². The number of pyridine rings is 2. The van der Waals surface area contributed by atoms with Crippen LogP contribution in [0.1, 0.15) is 65.3 Å². The van der Waals surface area contributed by atoms with Crippen LogP contribution >= 0.6 is 0 Å². The molecule has 0 bridgehead atoms. The molecule has 4 heterocycles. The Morgan fingerprint density at radius 2 is 2.18 bits per heavy atom. The maximum atomic E-state index is 13.3. The van der Waals surface area contributed by atoms with Gasteiger partial charge in [-0.25, -0.2) is 19.6 Å². The van der Waals surface area contributed by atoms with E-state index >= 15 is 0 Å².